The molecule has 1 heterocycles. The zero-order valence-corrected chi connectivity index (χ0v) is 23.8. The van der Waals surface area contributed by atoms with Crippen LogP contribution in [0.5, 0.6) is 0 Å². The van der Waals surface area contributed by atoms with Gasteiger partial charge in [-0.2, -0.15) is 0 Å². The van der Waals surface area contributed by atoms with Crippen LogP contribution in [0.2, 0.25) is 0 Å². The Bertz CT molecular complexity index is 2190. The van der Waals surface area contributed by atoms with E-state index in [0.29, 0.717) is 0 Å². The second kappa shape index (κ2) is 10.3. The molecule has 0 saturated heterocycles. The summed E-state index contributed by atoms with van der Waals surface area (Å²) in [7, 11) is 0. The van der Waals surface area contributed by atoms with Gasteiger partial charge in [0.2, 0.25) is 0 Å². The van der Waals surface area contributed by atoms with Gasteiger partial charge in [0.05, 0.1) is 5.69 Å². The standard InChI is InChI=1S/C40H27NS/c1-2-13-32(14-3-1)41(33-25-23-29(24-26-33)31-22-21-28-11-4-5-12-30(28)27-31)38-19-8-6-15-34(38)36-17-10-18-37-35-16-7-9-20-39(35)42-40(36)37/h1-27H. The van der Waals surface area contributed by atoms with Crippen LogP contribution in [0.4, 0.5) is 17.1 Å². The van der Waals surface area contributed by atoms with E-state index in [1.54, 1.807) is 0 Å². The highest BCUT2D eigenvalue weighted by Gasteiger charge is 2.19. The number of nitrogens with zero attached hydrogens (tertiary/aromatic N) is 1. The molecule has 0 N–H and O–H groups in total. The van der Waals surface area contributed by atoms with Gasteiger partial charge in [0.15, 0.2) is 0 Å². The van der Waals surface area contributed by atoms with Crippen LogP contribution in [0.1, 0.15) is 0 Å². The maximum absolute atomic E-state index is 2.38. The first-order valence-corrected chi connectivity index (χ1v) is 15.1. The molecule has 0 aliphatic heterocycles. The lowest BCUT2D eigenvalue weighted by molar-refractivity contribution is 1.28. The van der Waals surface area contributed by atoms with Crippen LogP contribution in [0.15, 0.2) is 164 Å². The van der Waals surface area contributed by atoms with Crippen molar-refractivity contribution in [1.29, 1.82) is 0 Å². The maximum Gasteiger partial charge on any atom is 0.0540 e. The van der Waals surface area contributed by atoms with Crippen LogP contribution in [0.25, 0.3) is 53.2 Å². The summed E-state index contributed by atoms with van der Waals surface area (Å²) in [5.74, 6) is 0. The molecule has 0 aliphatic rings. The molecule has 2 heteroatoms. The van der Waals surface area contributed by atoms with E-state index in [4.69, 9.17) is 0 Å². The van der Waals surface area contributed by atoms with Crippen molar-refractivity contribution in [2.45, 2.75) is 0 Å². The molecular weight excluding hydrogens is 527 g/mol. The van der Waals surface area contributed by atoms with Gasteiger partial charge < -0.3 is 4.90 Å². The van der Waals surface area contributed by atoms with Gasteiger partial charge in [0.25, 0.3) is 0 Å². The van der Waals surface area contributed by atoms with Crippen LogP contribution in [0, 0.1) is 0 Å². The molecule has 0 radical (unpaired) electrons. The Labute approximate surface area is 249 Å². The third-order valence-electron chi connectivity index (χ3n) is 8.06. The summed E-state index contributed by atoms with van der Waals surface area (Å²) in [5, 5.41) is 5.16. The van der Waals surface area contributed by atoms with Crippen molar-refractivity contribution in [2.24, 2.45) is 0 Å². The molecule has 0 amide bonds. The number of thiophene rings is 1. The number of para-hydroxylation sites is 2. The van der Waals surface area contributed by atoms with Crippen LogP contribution in [-0.2, 0) is 0 Å². The minimum absolute atomic E-state index is 1.13. The predicted molar refractivity (Wildman–Crippen MR) is 182 cm³/mol. The normalized spacial score (nSPS) is 11.3. The first kappa shape index (κ1) is 24.6. The van der Waals surface area contributed by atoms with E-state index in [0.717, 1.165) is 17.1 Å². The molecule has 0 spiro atoms. The Morgan fingerprint density at radius 2 is 1.05 bits per heavy atom. The molecule has 8 aromatic rings. The molecule has 0 bridgehead atoms. The molecule has 0 saturated carbocycles. The van der Waals surface area contributed by atoms with Crippen molar-refractivity contribution in [2.75, 3.05) is 4.90 Å². The van der Waals surface area contributed by atoms with Crippen LogP contribution in [0.3, 0.4) is 0 Å². The quantitative estimate of drug-likeness (QED) is 0.205. The SMILES string of the molecule is c1ccc(N(c2ccc(-c3ccc4ccccc4c3)cc2)c2ccccc2-c2cccc3c2sc2ccccc23)cc1. The molecule has 0 unspecified atom stereocenters. The van der Waals surface area contributed by atoms with Gasteiger partial charge in [-0.05, 0) is 64.4 Å². The van der Waals surface area contributed by atoms with Crippen LogP contribution >= 0.6 is 11.3 Å². The second-order valence-electron chi connectivity index (χ2n) is 10.6. The molecule has 7 aromatic carbocycles. The van der Waals surface area contributed by atoms with E-state index in [2.05, 4.69) is 169 Å². The Balaban J connectivity index is 1.28. The fraction of sp³-hybridized carbons (Fsp3) is 0. The number of hydrogen-bond acceptors (Lipinski definition) is 2. The van der Waals surface area contributed by atoms with E-state index < -0.39 is 0 Å². The zero-order chi connectivity index (χ0) is 27.9. The summed E-state index contributed by atoms with van der Waals surface area (Å²) in [6, 6.07) is 59.1. The van der Waals surface area contributed by atoms with E-state index in [1.165, 1.54) is 53.2 Å². The number of anilines is 3. The van der Waals surface area contributed by atoms with Crippen LogP contribution in [-0.4, -0.2) is 0 Å². The topological polar surface area (TPSA) is 3.24 Å². The summed E-state index contributed by atoms with van der Waals surface area (Å²) in [5.41, 5.74) is 8.33. The Morgan fingerprint density at radius 1 is 0.405 bits per heavy atom. The summed E-state index contributed by atoms with van der Waals surface area (Å²) in [4.78, 5) is 2.38. The van der Waals surface area contributed by atoms with Crippen molar-refractivity contribution >= 4 is 59.3 Å². The first-order chi connectivity index (χ1) is 20.8. The van der Waals surface area contributed by atoms with E-state index in [-0.39, 0.29) is 0 Å². The predicted octanol–water partition coefficient (Wildman–Crippen LogP) is 12.0. The molecule has 1 aromatic heterocycles. The van der Waals surface area contributed by atoms with Gasteiger partial charge in [0, 0.05) is 42.7 Å². The number of benzene rings is 7. The molecule has 0 fully saturated rings. The Kier molecular flexibility index (Phi) is 6.05. The van der Waals surface area contributed by atoms with E-state index >= 15 is 0 Å². The van der Waals surface area contributed by atoms with Gasteiger partial charge in [0.1, 0.15) is 0 Å². The molecule has 8 rings (SSSR count). The highest BCUT2D eigenvalue weighted by molar-refractivity contribution is 7.26. The molecule has 42 heavy (non-hydrogen) atoms. The molecular formula is C40H27NS. The lowest BCUT2D eigenvalue weighted by Gasteiger charge is -2.28. The smallest absolute Gasteiger partial charge is 0.0540 e. The first-order valence-electron chi connectivity index (χ1n) is 14.3. The average molecular weight is 554 g/mol. The van der Waals surface area contributed by atoms with Crippen molar-refractivity contribution in [3.05, 3.63) is 164 Å². The fourth-order valence-electron chi connectivity index (χ4n) is 6.03. The Hall–Kier alpha value is -5.18. The minimum atomic E-state index is 1.13. The molecule has 0 aliphatic carbocycles. The zero-order valence-electron chi connectivity index (χ0n) is 22.9. The highest BCUT2D eigenvalue weighted by atomic mass is 32.1. The lowest BCUT2D eigenvalue weighted by atomic mass is 9.99. The molecule has 198 valence electrons. The van der Waals surface area contributed by atoms with E-state index in [1.807, 2.05) is 11.3 Å². The minimum Gasteiger partial charge on any atom is -0.310 e. The van der Waals surface area contributed by atoms with Crippen molar-refractivity contribution < 1.29 is 0 Å². The average Bonchev–Trinajstić information content (AvgIpc) is 3.45. The third kappa shape index (κ3) is 4.25. The summed E-state index contributed by atoms with van der Waals surface area (Å²) >= 11 is 1.88. The number of rotatable bonds is 5. The summed E-state index contributed by atoms with van der Waals surface area (Å²) in [6.07, 6.45) is 0. The number of hydrogen-bond donors (Lipinski definition) is 0. The maximum atomic E-state index is 2.38. The molecule has 1 nitrogen and oxygen atoms in total. The monoisotopic (exact) mass is 553 g/mol. The Morgan fingerprint density at radius 3 is 1.93 bits per heavy atom. The third-order valence-corrected chi connectivity index (χ3v) is 9.28. The fourth-order valence-corrected chi connectivity index (χ4v) is 7.26. The number of fused-ring (bicyclic) bond motifs is 4. The summed E-state index contributed by atoms with van der Waals surface area (Å²) in [6.45, 7) is 0. The van der Waals surface area contributed by atoms with Gasteiger partial charge in [-0.1, -0.05) is 121 Å². The lowest BCUT2D eigenvalue weighted by Crippen LogP contribution is -2.11. The van der Waals surface area contributed by atoms with Crippen molar-refractivity contribution in [3.63, 3.8) is 0 Å². The summed E-state index contributed by atoms with van der Waals surface area (Å²) < 4.78 is 2.65. The van der Waals surface area contributed by atoms with Gasteiger partial charge in [-0.15, -0.1) is 11.3 Å². The largest absolute Gasteiger partial charge is 0.310 e. The van der Waals surface area contributed by atoms with Gasteiger partial charge >= 0.3 is 0 Å². The second-order valence-corrected chi connectivity index (χ2v) is 11.6. The highest BCUT2D eigenvalue weighted by Crippen LogP contribution is 2.45. The van der Waals surface area contributed by atoms with Gasteiger partial charge in [-0.25, -0.2) is 0 Å². The van der Waals surface area contributed by atoms with Crippen molar-refractivity contribution in [1.82, 2.24) is 0 Å². The van der Waals surface area contributed by atoms with Crippen molar-refractivity contribution in [3.8, 4) is 22.3 Å². The van der Waals surface area contributed by atoms with Crippen LogP contribution < -0.4 is 4.90 Å². The van der Waals surface area contributed by atoms with E-state index in [9.17, 15) is 0 Å². The van der Waals surface area contributed by atoms with Gasteiger partial charge in [-0.3, -0.25) is 0 Å². The molecule has 0 atom stereocenters.